The van der Waals surface area contributed by atoms with Gasteiger partial charge in [0.05, 0.1) is 12.7 Å². The molecule has 0 N–H and O–H groups in total. The minimum atomic E-state index is 0.170. The van der Waals surface area contributed by atoms with Gasteiger partial charge in [0, 0.05) is 5.56 Å². The summed E-state index contributed by atoms with van der Waals surface area (Å²) in [5, 5.41) is 8.51. The second kappa shape index (κ2) is 5.76. The van der Waals surface area contributed by atoms with Crippen LogP contribution in [0.15, 0.2) is 60.8 Å². The van der Waals surface area contributed by atoms with Gasteiger partial charge < -0.3 is 0 Å². The summed E-state index contributed by atoms with van der Waals surface area (Å²) in [5.41, 5.74) is 4.74. The summed E-state index contributed by atoms with van der Waals surface area (Å²) in [6.07, 6.45) is 2.00. The van der Waals surface area contributed by atoms with Gasteiger partial charge in [-0.05, 0) is 16.5 Å². The average Bonchev–Trinajstić information content (AvgIpc) is 2.96. The van der Waals surface area contributed by atoms with Crippen LogP contribution in [0.1, 0.15) is 31.9 Å². The molecule has 0 unspecified atom stereocenters. The lowest BCUT2D eigenvalue weighted by Gasteiger charge is -2.18. The Kier molecular flexibility index (Phi) is 3.80. The van der Waals surface area contributed by atoms with Gasteiger partial charge in [-0.3, -0.25) is 0 Å². The van der Waals surface area contributed by atoms with E-state index in [9.17, 15) is 0 Å². The van der Waals surface area contributed by atoms with E-state index in [1.165, 1.54) is 11.1 Å². The highest BCUT2D eigenvalue weighted by atomic mass is 15.4. The fraction of sp³-hybridized carbons (Fsp3) is 0.263. The molecule has 0 bridgehead atoms. The lowest BCUT2D eigenvalue weighted by Crippen LogP contribution is -2.10. The van der Waals surface area contributed by atoms with Gasteiger partial charge in [-0.2, -0.15) is 0 Å². The van der Waals surface area contributed by atoms with E-state index < -0.39 is 0 Å². The van der Waals surface area contributed by atoms with Crippen molar-refractivity contribution in [2.75, 3.05) is 0 Å². The van der Waals surface area contributed by atoms with Crippen LogP contribution >= 0.6 is 0 Å². The Hall–Kier alpha value is -2.42. The Morgan fingerprint density at radius 2 is 1.59 bits per heavy atom. The molecule has 3 nitrogen and oxygen atoms in total. The normalized spacial score (nSPS) is 11.6. The first kappa shape index (κ1) is 14.5. The van der Waals surface area contributed by atoms with E-state index in [-0.39, 0.29) is 5.41 Å². The molecule has 0 aliphatic heterocycles. The molecule has 2 aromatic carbocycles. The van der Waals surface area contributed by atoms with Gasteiger partial charge in [0.2, 0.25) is 0 Å². The van der Waals surface area contributed by atoms with Crippen molar-refractivity contribution in [2.24, 2.45) is 0 Å². The monoisotopic (exact) mass is 291 g/mol. The fourth-order valence-corrected chi connectivity index (χ4v) is 2.42. The predicted molar refractivity (Wildman–Crippen MR) is 89.7 cm³/mol. The van der Waals surface area contributed by atoms with Crippen molar-refractivity contribution in [1.82, 2.24) is 15.0 Å². The third-order valence-corrected chi connectivity index (χ3v) is 3.77. The highest BCUT2D eigenvalue weighted by Gasteiger charge is 2.13. The molecule has 112 valence electrons. The van der Waals surface area contributed by atoms with Crippen LogP contribution in [0, 0.1) is 0 Å². The molecular weight excluding hydrogens is 270 g/mol. The van der Waals surface area contributed by atoms with Gasteiger partial charge in [0.25, 0.3) is 0 Å². The van der Waals surface area contributed by atoms with Crippen molar-refractivity contribution < 1.29 is 0 Å². The third-order valence-electron chi connectivity index (χ3n) is 3.77. The lowest BCUT2D eigenvalue weighted by molar-refractivity contribution is 0.590. The van der Waals surface area contributed by atoms with Crippen LogP contribution in [0.4, 0.5) is 0 Å². The van der Waals surface area contributed by atoms with Gasteiger partial charge in [-0.15, -0.1) is 5.10 Å². The van der Waals surface area contributed by atoms with Crippen molar-refractivity contribution in [3.8, 4) is 11.3 Å². The zero-order valence-corrected chi connectivity index (χ0v) is 13.3. The summed E-state index contributed by atoms with van der Waals surface area (Å²) in [4.78, 5) is 0. The summed E-state index contributed by atoms with van der Waals surface area (Å²) in [6.45, 7) is 7.41. The van der Waals surface area contributed by atoms with Crippen LogP contribution in [0.5, 0.6) is 0 Å². The predicted octanol–water partition coefficient (Wildman–Crippen LogP) is 4.29. The van der Waals surface area contributed by atoms with E-state index in [0.29, 0.717) is 0 Å². The summed E-state index contributed by atoms with van der Waals surface area (Å²) in [5.74, 6) is 0. The van der Waals surface area contributed by atoms with Crippen molar-refractivity contribution in [1.29, 1.82) is 0 Å². The molecule has 1 heterocycles. The van der Waals surface area contributed by atoms with Gasteiger partial charge >= 0.3 is 0 Å². The van der Waals surface area contributed by atoms with Gasteiger partial charge in [-0.1, -0.05) is 80.6 Å². The summed E-state index contributed by atoms with van der Waals surface area (Å²) in [7, 11) is 0. The summed E-state index contributed by atoms with van der Waals surface area (Å²) < 4.78 is 1.88. The molecule has 0 amide bonds. The standard InChI is InChI=1S/C19H21N3/c1-19(2,3)17-11-9-16(10-12-17)18-14-22(21-20-18)13-15-7-5-4-6-8-15/h4-12,14H,13H2,1-3H3. The molecule has 3 heteroatoms. The highest BCUT2D eigenvalue weighted by molar-refractivity contribution is 5.58. The third kappa shape index (κ3) is 3.25. The molecule has 0 aliphatic carbocycles. The van der Waals surface area contributed by atoms with Gasteiger partial charge in [-0.25, -0.2) is 4.68 Å². The Labute approximate surface area is 131 Å². The molecule has 0 spiro atoms. The molecule has 3 rings (SSSR count). The molecule has 3 aromatic rings. The molecule has 1 aromatic heterocycles. The molecule has 0 saturated heterocycles. The molecule has 0 aliphatic rings. The molecule has 0 radical (unpaired) electrons. The second-order valence-electron chi connectivity index (χ2n) is 6.61. The molecule has 0 atom stereocenters. The first-order chi connectivity index (χ1) is 10.5. The van der Waals surface area contributed by atoms with E-state index in [2.05, 4.69) is 67.5 Å². The minimum Gasteiger partial charge on any atom is -0.247 e. The fourth-order valence-electron chi connectivity index (χ4n) is 2.42. The number of hydrogen-bond acceptors (Lipinski definition) is 2. The smallest absolute Gasteiger partial charge is 0.113 e. The molecular formula is C19H21N3. The van der Waals surface area contributed by atoms with E-state index in [1.54, 1.807) is 0 Å². The number of benzene rings is 2. The number of aromatic nitrogens is 3. The van der Waals surface area contributed by atoms with Crippen molar-refractivity contribution in [3.05, 3.63) is 71.9 Å². The number of nitrogens with zero attached hydrogens (tertiary/aromatic N) is 3. The van der Waals surface area contributed by atoms with Crippen molar-refractivity contribution >= 4 is 0 Å². The largest absolute Gasteiger partial charge is 0.247 e. The van der Waals surface area contributed by atoms with E-state index in [4.69, 9.17) is 0 Å². The van der Waals surface area contributed by atoms with Crippen LogP contribution in [-0.2, 0) is 12.0 Å². The SMILES string of the molecule is CC(C)(C)c1ccc(-c2cn(Cc3ccccc3)nn2)cc1. The summed E-state index contributed by atoms with van der Waals surface area (Å²) in [6, 6.07) is 18.9. The van der Waals surface area contributed by atoms with Crippen LogP contribution in [0.3, 0.4) is 0 Å². The van der Waals surface area contributed by atoms with E-state index in [0.717, 1.165) is 17.8 Å². The second-order valence-corrected chi connectivity index (χ2v) is 6.61. The first-order valence-electron chi connectivity index (χ1n) is 7.57. The Morgan fingerprint density at radius 3 is 2.23 bits per heavy atom. The maximum absolute atomic E-state index is 4.29. The molecule has 22 heavy (non-hydrogen) atoms. The number of rotatable bonds is 3. The van der Waals surface area contributed by atoms with Crippen LogP contribution in [0.25, 0.3) is 11.3 Å². The minimum absolute atomic E-state index is 0.170. The first-order valence-corrected chi connectivity index (χ1v) is 7.57. The topological polar surface area (TPSA) is 30.7 Å². The van der Waals surface area contributed by atoms with Crippen LogP contribution in [0.2, 0.25) is 0 Å². The van der Waals surface area contributed by atoms with E-state index >= 15 is 0 Å². The van der Waals surface area contributed by atoms with Crippen LogP contribution in [-0.4, -0.2) is 15.0 Å². The number of hydrogen-bond donors (Lipinski definition) is 0. The zero-order valence-electron chi connectivity index (χ0n) is 13.3. The van der Waals surface area contributed by atoms with Gasteiger partial charge in [0.1, 0.15) is 5.69 Å². The highest BCUT2D eigenvalue weighted by Crippen LogP contribution is 2.25. The Bertz CT molecular complexity index is 734. The average molecular weight is 291 g/mol. The Balaban J connectivity index is 1.79. The maximum Gasteiger partial charge on any atom is 0.113 e. The molecule has 0 saturated carbocycles. The van der Waals surface area contributed by atoms with Crippen molar-refractivity contribution in [3.63, 3.8) is 0 Å². The van der Waals surface area contributed by atoms with Gasteiger partial charge in [0.15, 0.2) is 0 Å². The quantitative estimate of drug-likeness (QED) is 0.720. The lowest BCUT2D eigenvalue weighted by atomic mass is 9.86. The summed E-state index contributed by atoms with van der Waals surface area (Å²) >= 11 is 0. The maximum atomic E-state index is 4.29. The molecule has 0 fully saturated rings. The van der Waals surface area contributed by atoms with Crippen molar-refractivity contribution in [2.45, 2.75) is 32.7 Å². The Morgan fingerprint density at radius 1 is 0.909 bits per heavy atom. The van der Waals surface area contributed by atoms with E-state index in [1.807, 2.05) is 29.1 Å². The van der Waals surface area contributed by atoms with Crippen LogP contribution < -0.4 is 0 Å². The zero-order chi connectivity index (χ0) is 15.6.